The summed E-state index contributed by atoms with van der Waals surface area (Å²) in [5.41, 5.74) is 0.190. The third-order valence-corrected chi connectivity index (χ3v) is 2.43. The maximum absolute atomic E-state index is 9.59. The van der Waals surface area contributed by atoms with Gasteiger partial charge in [-0.2, -0.15) is 15.0 Å². The van der Waals surface area contributed by atoms with Crippen LogP contribution in [0, 0.1) is 0 Å². The molecule has 0 unspecified atom stereocenters. The van der Waals surface area contributed by atoms with Crippen molar-refractivity contribution in [3.63, 3.8) is 0 Å². The summed E-state index contributed by atoms with van der Waals surface area (Å²) in [5.74, 6) is -0.440. The van der Waals surface area contributed by atoms with Crippen LogP contribution in [0.3, 0.4) is 0 Å². The molecule has 20 heavy (non-hydrogen) atoms. The largest absolute Gasteiger partial charge is 0.492 e. The van der Waals surface area contributed by atoms with Gasteiger partial charge >= 0.3 is 6.01 Å². The zero-order chi connectivity index (χ0) is 12.9. The SMILES string of the molecule is Oc1nc(O)c2nc3c(nc2n1)CN(O)CN3O.[K].[K]. The molecule has 0 aliphatic carbocycles. The van der Waals surface area contributed by atoms with Crippen molar-refractivity contribution in [2.45, 2.75) is 6.54 Å². The number of hydroxylamine groups is 3. The number of fused-ring (bicyclic) bond motifs is 2. The molecule has 3 heterocycles. The monoisotopic (exact) mass is 330 g/mol. The zero-order valence-corrected chi connectivity index (χ0v) is 17.1. The smallest absolute Gasteiger partial charge is 0.319 e. The number of anilines is 1. The van der Waals surface area contributed by atoms with Crippen LogP contribution in [0.25, 0.3) is 11.2 Å². The molecule has 3 rings (SSSR count). The molecule has 2 radical (unpaired) electrons. The van der Waals surface area contributed by atoms with E-state index in [1.165, 1.54) is 0 Å². The Morgan fingerprint density at radius 2 is 1.65 bits per heavy atom. The summed E-state index contributed by atoms with van der Waals surface area (Å²) in [5, 5.41) is 39.1. The van der Waals surface area contributed by atoms with Crippen molar-refractivity contribution in [1.82, 2.24) is 25.0 Å². The van der Waals surface area contributed by atoms with Crippen molar-refractivity contribution in [2.75, 3.05) is 11.7 Å². The van der Waals surface area contributed by atoms with E-state index in [-0.39, 0.29) is 139 Å². The number of hydrogen-bond donors (Lipinski definition) is 4. The zero-order valence-electron chi connectivity index (χ0n) is 10.9. The predicted molar refractivity (Wildman–Crippen MR) is 66.4 cm³/mol. The summed E-state index contributed by atoms with van der Waals surface area (Å²) in [6.45, 7) is -0.117. The van der Waals surface area contributed by atoms with Crippen LogP contribution in [-0.2, 0) is 6.54 Å². The molecule has 2 aromatic heterocycles. The van der Waals surface area contributed by atoms with Crippen molar-refractivity contribution in [1.29, 1.82) is 0 Å². The van der Waals surface area contributed by atoms with Crippen molar-refractivity contribution in [3.05, 3.63) is 5.69 Å². The van der Waals surface area contributed by atoms with Crippen molar-refractivity contribution < 1.29 is 20.6 Å². The Balaban J connectivity index is 0.000001000. The molecule has 1 aliphatic rings. The Morgan fingerprint density at radius 1 is 0.950 bits per heavy atom. The van der Waals surface area contributed by atoms with Crippen molar-refractivity contribution >= 4 is 120 Å². The first-order valence-corrected chi connectivity index (χ1v) is 4.91. The second-order valence-electron chi connectivity index (χ2n) is 3.72. The molecule has 0 bridgehead atoms. The van der Waals surface area contributed by atoms with Gasteiger partial charge in [-0.25, -0.2) is 15.0 Å². The maximum Gasteiger partial charge on any atom is 0.319 e. The van der Waals surface area contributed by atoms with Gasteiger partial charge in [-0.05, 0) is 0 Å². The Labute approximate surface area is 197 Å². The fourth-order valence-electron chi connectivity index (χ4n) is 1.70. The summed E-state index contributed by atoms with van der Waals surface area (Å²) in [4.78, 5) is 14.9. The van der Waals surface area contributed by atoms with Gasteiger partial charge < -0.3 is 15.4 Å². The second-order valence-corrected chi connectivity index (χ2v) is 3.72. The molecule has 1 aliphatic heterocycles. The molecule has 0 fully saturated rings. The summed E-state index contributed by atoms with van der Waals surface area (Å²) >= 11 is 0. The molecule has 2 aromatic rings. The minimum absolute atomic E-state index is 0. The van der Waals surface area contributed by atoms with Crippen molar-refractivity contribution in [2.24, 2.45) is 0 Å². The first-order valence-electron chi connectivity index (χ1n) is 4.91. The molecule has 10 nitrogen and oxygen atoms in total. The molecule has 4 N–H and O–H groups in total. The minimum atomic E-state index is -0.633. The number of rotatable bonds is 0. The van der Waals surface area contributed by atoms with Crippen LogP contribution < -0.4 is 5.06 Å². The third-order valence-electron chi connectivity index (χ3n) is 2.43. The number of nitrogens with zero attached hydrogens (tertiary/aromatic N) is 6. The van der Waals surface area contributed by atoms with Gasteiger partial charge in [0.05, 0.1) is 6.54 Å². The molecule has 96 valence electrons. The van der Waals surface area contributed by atoms with Gasteiger partial charge in [-0.15, -0.1) is 0 Å². The average molecular weight is 330 g/mol. The first-order chi connectivity index (χ1) is 8.54. The molecule has 0 atom stereocenters. The first kappa shape index (κ1) is 19.0. The summed E-state index contributed by atoms with van der Waals surface area (Å²) in [7, 11) is 0. The average Bonchev–Trinajstić information content (AvgIpc) is 2.26. The summed E-state index contributed by atoms with van der Waals surface area (Å²) in [6.07, 6.45) is 0. The Morgan fingerprint density at radius 3 is 2.35 bits per heavy atom. The molecule has 0 saturated heterocycles. The Kier molecular flexibility index (Phi) is 7.13. The number of aromatic hydroxyl groups is 2. The maximum atomic E-state index is 9.59. The van der Waals surface area contributed by atoms with E-state index in [1.54, 1.807) is 0 Å². The summed E-state index contributed by atoms with van der Waals surface area (Å²) in [6, 6.07) is -0.633. The quantitative estimate of drug-likeness (QED) is 0.419. The van der Waals surface area contributed by atoms with E-state index in [0.29, 0.717) is 5.06 Å². The minimum Gasteiger partial charge on any atom is -0.492 e. The van der Waals surface area contributed by atoms with Crippen LogP contribution in [0.1, 0.15) is 5.69 Å². The van der Waals surface area contributed by atoms with Gasteiger partial charge in [-0.1, -0.05) is 0 Å². The van der Waals surface area contributed by atoms with Crippen LogP contribution in [0.2, 0.25) is 0 Å². The Bertz CT molecular complexity index is 644. The van der Waals surface area contributed by atoms with Gasteiger partial charge in [0.25, 0.3) is 0 Å². The Hall–Kier alpha value is 0.973. The van der Waals surface area contributed by atoms with Gasteiger partial charge in [0.1, 0.15) is 12.4 Å². The van der Waals surface area contributed by atoms with E-state index in [2.05, 4.69) is 19.9 Å². The second kappa shape index (κ2) is 7.49. The van der Waals surface area contributed by atoms with Gasteiger partial charge in [-0.3, -0.25) is 5.21 Å². The third kappa shape index (κ3) is 3.65. The van der Waals surface area contributed by atoms with Crippen molar-refractivity contribution in [3.8, 4) is 11.9 Å². The molecule has 0 amide bonds. The fraction of sp³-hybridized carbons (Fsp3) is 0.250. The fourth-order valence-corrected chi connectivity index (χ4v) is 1.70. The molecular formula is C8H8K2N6O4. The van der Waals surface area contributed by atoms with Crippen LogP contribution in [0.4, 0.5) is 5.82 Å². The topological polar surface area (TPSA) is 139 Å². The van der Waals surface area contributed by atoms with Crippen LogP contribution >= 0.6 is 0 Å². The molecule has 0 saturated carbocycles. The number of aromatic nitrogens is 4. The molecular weight excluding hydrogens is 322 g/mol. The normalized spacial score (nSPS) is 14.4. The van der Waals surface area contributed by atoms with Gasteiger partial charge in [0.2, 0.25) is 5.88 Å². The number of hydrogen-bond acceptors (Lipinski definition) is 10. The van der Waals surface area contributed by atoms with E-state index in [9.17, 15) is 15.5 Å². The van der Waals surface area contributed by atoms with E-state index < -0.39 is 11.9 Å². The van der Waals surface area contributed by atoms with Crippen LogP contribution in [-0.4, -0.2) is 155 Å². The van der Waals surface area contributed by atoms with E-state index in [0.717, 1.165) is 5.06 Å². The van der Waals surface area contributed by atoms with Crippen LogP contribution in [0.5, 0.6) is 11.9 Å². The predicted octanol–water partition coefficient (Wildman–Crippen LogP) is -1.57. The molecule has 0 spiro atoms. The van der Waals surface area contributed by atoms with E-state index in [4.69, 9.17) is 5.11 Å². The van der Waals surface area contributed by atoms with E-state index in [1.807, 2.05) is 0 Å². The van der Waals surface area contributed by atoms with Crippen LogP contribution in [0.15, 0.2) is 0 Å². The standard InChI is InChI=1S/C8H8N6O4.2K/c15-7-4-5(11-8(16)12-7)9-3-1-13(17)2-14(18)6(3)10-4;;/h17-18H,1-2H2,(H2,9,11,12,15,16);;. The van der Waals surface area contributed by atoms with E-state index >= 15 is 0 Å². The molecule has 12 heteroatoms. The molecule has 0 aromatic carbocycles. The van der Waals surface area contributed by atoms with Gasteiger partial charge in [0.15, 0.2) is 17.0 Å². The summed E-state index contributed by atoms with van der Waals surface area (Å²) < 4.78 is 0. The van der Waals surface area contributed by atoms with Gasteiger partial charge in [0, 0.05) is 103 Å².